The molecule has 1 N–H and O–H groups in total. The second-order valence-corrected chi connectivity index (χ2v) is 10.4. The summed E-state index contributed by atoms with van der Waals surface area (Å²) in [5, 5.41) is 0.376. The number of carbonyl (C=O) groups is 1. The Morgan fingerprint density at radius 3 is 2.46 bits per heavy atom. The number of hydrogen-bond acceptors (Lipinski definition) is 2. The van der Waals surface area contributed by atoms with Gasteiger partial charge >= 0.3 is 6.18 Å². The maximum atomic E-state index is 15.2. The van der Waals surface area contributed by atoms with Crippen molar-refractivity contribution in [3.63, 3.8) is 0 Å². The van der Waals surface area contributed by atoms with Crippen molar-refractivity contribution in [3.8, 4) is 0 Å². The molecule has 4 nitrogen and oxygen atoms in total. The average molecular weight is 532 g/mol. The number of pyridine rings is 1. The van der Waals surface area contributed by atoms with Gasteiger partial charge in [-0.25, -0.2) is 4.39 Å². The third kappa shape index (κ3) is 5.96. The number of benzene rings is 2. The molecule has 0 radical (unpaired) electrons. The van der Waals surface area contributed by atoms with Gasteiger partial charge in [0.05, 0.1) is 28.3 Å². The molecule has 0 aliphatic heterocycles. The predicted molar refractivity (Wildman–Crippen MR) is 136 cm³/mol. The number of H-pyrrole nitrogens is 1. The standard InChI is InChI=1S/C28H26ClF4N3O/c1-27(2,3)20-7-8-21(35-15-20)16-36(12-10-17-5-4-6-19(13-17)28(31,32)33)26(37)23-24(30)22(29)14-18-9-11-34-25(18)23/h4-9,11,13-15,34H,10,12,16H2,1-3H3. The first-order chi connectivity index (χ1) is 17.3. The summed E-state index contributed by atoms with van der Waals surface area (Å²) in [6.07, 6.45) is -1.04. The molecule has 0 saturated carbocycles. The lowest BCUT2D eigenvalue weighted by Crippen LogP contribution is -2.33. The van der Waals surface area contributed by atoms with Crippen molar-refractivity contribution in [2.24, 2.45) is 0 Å². The summed E-state index contributed by atoms with van der Waals surface area (Å²) in [4.78, 5) is 22.5. The van der Waals surface area contributed by atoms with Crippen molar-refractivity contribution in [1.29, 1.82) is 0 Å². The first-order valence-corrected chi connectivity index (χ1v) is 12.1. The summed E-state index contributed by atoms with van der Waals surface area (Å²) in [5.41, 5.74) is 1.17. The molecule has 0 aliphatic rings. The van der Waals surface area contributed by atoms with Crippen molar-refractivity contribution >= 4 is 28.4 Å². The molecule has 0 unspecified atom stereocenters. The fraction of sp³-hybridized carbons (Fsp3) is 0.286. The Bertz CT molecular complexity index is 1420. The van der Waals surface area contributed by atoms with E-state index in [0.717, 1.165) is 17.7 Å². The van der Waals surface area contributed by atoms with Crippen molar-refractivity contribution in [2.45, 2.75) is 45.3 Å². The molecular formula is C28H26ClF4N3O. The normalized spacial score (nSPS) is 12.2. The Labute approximate surface area is 217 Å². The van der Waals surface area contributed by atoms with E-state index in [0.29, 0.717) is 22.2 Å². The Balaban J connectivity index is 1.68. The minimum Gasteiger partial charge on any atom is -0.360 e. The minimum absolute atomic E-state index is 0.0381. The van der Waals surface area contributed by atoms with Gasteiger partial charge < -0.3 is 9.88 Å². The second kappa shape index (κ2) is 10.2. The molecule has 1 amide bonds. The smallest absolute Gasteiger partial charge is 0.360 e. The minimum atomic E-state index is -4.48. The number of carbonyl (C=O) groups excluding carboxylic acids is 1. The topological polar surface area (TPSA) is 49.0 Å². The molecular weight excluding hydrogens is 506 g/mol. The third-order valence-corrected chi connectivity index (χ3v) is 6.49. The quantitative estimate of drug-likeness (QED) is 0.261. The highest BCUT2D eigenvalue weighted by atomic mass is 35.5. The number of nitrogens with one attached hydrogen (secondary N) is 1. The van der Waals surface area contributed by atoms with Crippen LogP contribution in [0.5, 0.6) is 0 Å². The summed E-state index contributed by atoms with van der Waals surface area (Å²) in [7, 11) is 0. The number of nitrogens with zero attached hydrogens (tertiary/aromatic N) is 2. The summed E-state index contributed by atoms with van der Waals surface area (Å²) in [6.45, 7) is 6.24. The zero-order valence-corrected chi connectivity index (χ0v) is 21.3. The Morgan fingerprint density at radius 2 is 1.81 bits per heavy atom. The van der Waals surface area contributed by atoms with E-state index in [4.69, 9.17) is 11.6 Å². The Kier molecular flexibility index (Phi) is 7.33. The number of alkyl halides is 3. The van der Waals surface area contributed by atoms with Crippen LogP contribution in [0, 0.1) is 5.82 Å². The number of aromatic amines is 1. The number of halogens is 5. The van der Waals surface area contributed by atoms with Crippen LogP contribution in [0.3, 0.4) is 0 Å². The van der Waals surface area contributed by atoms with E-state index in [1.54, 1.807) is 30.6 Å². The number of hydrogen-bond donors (Lipinski definition) is 1. The lowest BCUT2D eigenvalue weighted by atomic mass is 9.88. The summed E-state index contributed by atoms with van der Waals surface area (Å²) < 4.78 is 54.7. The molecule has 0 fully saturated rings. The van der Waals surface area contributed by atoms with Crippen molar-refractivity contribution < 1.29 is 22.4 Å². The summed E-state index contributed by atoms with van der Waals surface area (Å²) in [6, 6.07) is 11.8. The molecule has 0 atom stereocenters. The van der Waals surface area contributed by atoms with Gasteiger partial charge in [0, 0.05) is 24.3 Å². The van der Waals surface area contributed by atoms with Crippen LogP contribution in [-0.4, -0.2) is 27.3 Å². The largest absolute Gasteiger partial charge is 0.416 e. The van der Waals surface area contributed by atoms with E-state index in [-0.39, 0.29) is 35.5 Å². The van der Waals surface area contributed by atoms with Gasteiger partial charge in [-0.1, -0.05) is 56.6 Å². The summed E-state index contributed by atoms with van der Waals surface area (Å²) in [5.74, 6) is -1.50. The second-order valence-electron chi connectivity index (χ2n) is 9.95. The van der Waals surface area contributed by atoms with E-state index in [2.05, 4.69) is 30.7 Å². The molecule has 2 heterocycles. The Morgan fingerprint density at radius 1 is 1.05 bits per heavy atom. The van der Waals surface area contributed by atoms with Gasteiger partial charge in [0.1, 0.15) is 5.56 Å². The van der Waals surface area contributed by atoms with Crippen LogP contribution in [0.25, 0.3) is 10.9 Å². The predicted octanol–water partition coefficient (Wildman–Crippen LogP) is 7.56. The molecule has 0 bridgehead atoms. The molecule has 2 aromatic heterocycles. The fourth-order valence-corrected chi connectivity index (χ4v) is 4.30. The highest BCUT2D eigenvalue weighted by Crippen LogP contribution is 2.31. The Hall–Kier alpha value is -3.39. The van der Waals surface area contributed by atoms with E-state index in [9.17, 15) is 18.0 Å². The molecule has 0 aliphatic carbocycles. The summed E-state index contributed by atoms with van der Waals surface area (Å²) >= 11 is 6.07. The van der Waals surface area contributed by atoms with Gasteiger partial charge in [-0.15, -0.1) is 0 Å². The lowest BCUT2D eigenvalue weighted by molar-refractivity contribution is -0.137. The molecule has 0 spiro atoms. The van der Waals surface area contributed by atoms with Gasteiger partial charge in [-0.2, -0.15) is 13.2 Å². The van der Waals surface area contributed by atoms with Crippen molar-refractivity contribution in [1.82, 2.24) is 14.9 Å². The van der Waals surface area contributed by atoms with Gasteiger partial charge in [-0.3, -0.25) is 9.78 Å². The van der Waals surface area contributed by atoms with Gasteiger partial charge in [0.2, 0.25) is 0 Å². The van der Waals surface area contributed by atoms with Crippen LogP contribution in [0.15, 0.2) is 60.9 Å². The third-order valence-electron chi connectivity index (χ3n) is 6.21. The van der Waals surface area contributed by atoms with Crippen molar-refractivity contribution in [3.05, 3.63) is 99.7 Å². The zero-order valence-electron chi connectivity index (χ0n) is 20.6. The highest BCUT2D eigenvalue weighted by molar-refractivity contribution is 6.32. The number of amides is 1. The molecule has 37 heavy (non-hydrogen) atoms. The average Bonchev–Trinajstić information content (AvgIpc) is 3.29. The van der Waals surface area contributed by atoms with E-state index >= 15 is 4.39 Å². The molecule has 0 saturated heterocycles. The van der Waals surface area contributed by atoms with E-state index in [1.165, 1.54) is 17.0 Å². The lowest BCUT2D eigenvalue weighted by Gasteiger charge is -2.24. The molecule has 2 aromatic carbocycles. The van der Waals surface area contributed by atoms with Crippen molar-refractivity contribution in [2.75, 3.05) is 6.54 Å². The van der Waals surface area contributed by atoms with Crippen LogP contribution >= 0.6 is 11.6 Å². The van der Waals surface area contributed by atoms with Crippen LogP contribution in [0.2, 0.25) is 5.02 Å². The molecule has 4 aromatic rings. The first-order valence-electron chi connectivity index (χ1n) is 11.7. The van der Waals surface area contributed by atoms with Gasteiger partial charge in [0.15, 0.2) is 5.82 Å². The zero-order chi connectivity index (χ0) is 27.0. The van der Waals surface area contributed by atoms with Crippen LogP contribution in [0.4, 0.5) is 17.6 Å². The molecule has 4 rings (SSSR count). The SMILES string of the molecule is CC(C)(C)c1ccc(CN(CCc2cccc(C(F)(F)F)c2)C(=O)c2c(F)c(Cl)cc3cc[nH]c23)nc1. The van der Waals surface area contributed by atoms with E-state index in [1.807, 2.05) is 6.07 Å². The first kappa shape index (κ1) is 26.7. The molecule has 9 heteroatoms. The maximum absolute atomic E-state index is 15.2. The monoisotopic (exact) mass is 531 g/mol. The number of fused-ring (bicyclic) bond motifs is 1. The van der Waals surface area contributed by atoms with Crippen LogP contribution < -0.4 is 0 Å². The number of rotatable bonds is 6. The molecule has 194 valence electrons. The van der Waals surface area contributed by atoms with Gasteiger partial charge in [-0.05, 0) is 47.2 Å². The fourth-order valence-electron chi connectivity index (χ4n) is 4.08. The maximum Gasteiger partial charge on any atom is 0.416 e. The van der Waals surface area contributed by atoms with Crippen LogP contribution in [0.1, 0.15) is 53.5 Å². The highest BCUT2D eigenvalue weighted by Gasteiger charge is 2.30. The van der Waals surface area contributed by atoms with Crippen LogP contribution in [-0.2, 0) is 24.6 Å². The van der Waals surface area contributed by atoms with E-state index < -0.39 is 23.5 Å². The van der Waals surface area contributed by atoms with Gasteiger partial charge in [0.25, 0.3) is 5.91 Å². The number of aromatic nitrogens is 2.